The molecule has 0 aliphatic rings. The Balaban J connectivity index is 0. The molecule has 5 nitrogen and oxygen atoms in total. The third kappa shape index (κ3) is 23.6. The molecule has 0 fully saturated rings. The summed E-state index contributed by atoms with van der Waals surface area (Å²) in [5.41, 5.74) is 0. The summed E-state index contributed by atoms with van der Waals surface area (Å²) in [4.78, 5) is 0. The Bertz CT molecular complexity index is 111. The first-order valence-corrected chi connectivity index (χ1v) is 5.88. The Labute approximate surface area is 98.2 Å². The topological polar surface area (TPSA) is 90.2 Å². The van der Waals surface area contributed by atoms with Crippen LogP contribution >= 0.6 is 0 Å². The fourth-order valence-electron chi connectivity index (χ4n) is 1.07. The third-order valence-electron chi connectivity index (χ3n) is 1.86. The lowest BCUT2D eigenvalue weighted by Gasteiger charge is -2.01. The van der Waals surface area contributed by atoms with E-state index in [9.17, 15) is 0 Å². The second kappa shape index (κ2) is 17.3. The summed E-state index contributed by atoms with van der Waals surface area (Å²) < 4.78 is 4.56. The van der Waals surface area contributed by atoms with Crippen LogP contribution in [0.15, 0.2) is 0 Å². The minimum Gasteiger partial charge on any atom is -0.402 e. The van der Waals surface area contributed by atoms with Crippen LogP contribution in [0.25, 0.3) is 0 Å². The van der Waals surface area contributed by atoms with Crippen LogP contribution in [0.5, 0.6) is 0 Å². The van der Waals surface area contributed by atoms with Gasteiger partial charge in [0.2, 0.25) is 0 Å². The van der Waals surface area contributed by atoms with Crippen LogP contribution in [0.2, 0.25) is 0 Å². The van der Waals surface area contributed by atoms with Crippen LogP contribution in [-0.2, 0) is 4.65 Å². The van der Waals surface area contributed by atoms with Crippen molar-refractivity contribution < 1.29 is 24.9 Å². The molecule has 0 unspecified atom stereocenters. The van der Waals surface area contributed by atoms with E-state index in [1.54, 1.807) is 0 Å². The second-order valence-corrected chi connectivity index (χ2v) is 3.41. The Morgan fingerprint density at radius 1 is 0.875 bits per heavy atom. The van der Waals surface area contributed by atoms with Crippen LogP contribution < -0.4 is 0 Å². The lowest BCUT2D eigenvalue weighted by atomic mass is 10.1. The molecule has 0 saturated carbocycles. The summed E-state index contributed by atoms with van der Waals surface area (Å²) in [6.45, 7) is 2.38. The molecule has 0 bridgehead atoms. The van der Waals surface area contributed by atoms with Gasteiger partial charge in [0.1, 0.15) is 0 Å². The average Bonchev–Trinajstić information content (AvgIpc) is 2.28. The molecule has 0 aliphatic carbocycles. The molecule has 0 aliphatic heterocycles. The molecular formula is C10H25BO5. The summed E-state index contributed by atoms with van der Waals surface area (Å²) in [5, 5.41) is 31.9. The predicted octanol–water partition coefficient (Wildman–Crippen LogP) is 0.304. The Hall–Kier alpha value is -0.135. The van der Waals surface area contributed by atoms with E-state index >= 15 is 0 Å². The fraction of sp³-hybridized carbons (Fsp3) is 1.00. The van der Waals surface area contributed by atoms with Gasteiger partial charge in [-0.3, -0.25) is 0 Å². The third-order valence-corrected chi connectivity index (χ3v) is 1.86. The maximum atomic E-state index is 8.33. The van der Waals surface area contributed by atoms with Gasteiger partial charge in [-0.15, -0.1) is 0 Å². The van der Waals surface area contributed by atoms with E-state index in [2.05, 4.69) is 11.6 Å². The predicted molar refractivity (Wildman–Crippen MR) is 63.7 cm³/mol. The normalized spacial score (nSPS) is 9.56. The molecule has 0 rings (SSSR count). The highest BCUT2D eigenvalue weighted by molar-refractivity contribution is 6.32. The van der Waals surface area contributed by atoms with Crippen molar-refractivity contribution in [1.82, 2.24) is 0 Å². The number of rotatable bonds is 9. The van der Waals surface area contributed by atoms with Gasteiger partial charge in [-0.2, -0.15) is 0 Å². The Morgan fingerprint density at radius 2 is 1.38 bits per heavy atom. The van der Waals surface area contributed by atoms with Crippen molar-refractivity contribution >= 4 is 7.32 Å². The highest BCUT2D eigenvalue weighted by Crippen LogP contribution is 2.04. The van der Waals surface area contributed by atoms with Gasteiger partial charge < -0.3 is 24.9 Å². The highest BCUT2D eigenvalue weighted by atomic mass is 16.6. The van der Waals surface area contributed by atoms with E-state index in [0.717, 1.165) is 12.8 Å². The molecular weight excluding hydrogens is 211 g/mol. The van der Waals surface area contributed by atoms with E-state index in [1.165, 1.54) is 25.7 Å². The summed E-state index contributed by atoms with van der Waals surface area (Å²) in [7, 11) is -1.60. The molecule has 0 aromatic rings. The summed E-state index contributed by atoms with van der Waals surface area (Å²) in [6, 6.07) is 0. The Kier molecular flexibility index (Phi) is 19.7. The van der Waals surface area contributed by atoms with Gasteiger partial charge in [0.25, 0.3) is 0 Å². The van der Waals surface area contributed by atoms with Gasteiger partial charge in [0.15, 0.2) is 0 Å². The van der Waals surface area contributed by atoms with Gasteiger partial charge in [-0.1, -0.05) is 39.0 Å². The minimum atomic E-state index is -1.60. The van der Waals surface area contributed by atoms with E-state index in [-0.39, 0.29) is 13.2 Å². The number of unbranched alkanes of at least 4 members (excludes halogenated alkanes) is 5. The van der Waals surface area contributed by atoms with Crippen molar-refractivity contribution in [2.24, 2.45) is 0 Å². The summed E-state index contributed by atoms with van der Waals surface area (Å²) in [6.07, 6.45) is 7.08. The molecule has 16 heavy (non-hydrogen) atoms. The van der Waals surface area contributed by atoms with Crippen molar-refractivity contribution in [2.75, 3.05) is 19.8 Å². The first kappa shape index (κ1) is 18.2. The smallest absolute Gasteiger partial charge is 0.402 e. The average molecular weight is 236 g/mol. The minimum absolute atomic E-state index is 0.125. The quantitative estimate of drug-likeness (QED) is 0.341. The fourth-order valence-corrected chi connectivity index (χ4v) is 1.07. The molecule has 6 heteroatoms. The largest absolute Gasteiger partial charge is 0.633 e. The second-order valence-electron chi connectivity index (χ2n) is 3.41. The van der Waals surface area contributed by atoms with Gasteiger partial charge in [-0.05, 0) is 6.42 Å². The van der Waals surface area contributed by atoms with Crippen molar-refractivity contribution in [3.63, 3.8) is 0 Å². The number of hydrogen-bond donors (Lipinski definition) is 4. The molecule has 98 valence electrons. The van der Waals surface area contributed by atoms with E-state index in [0.29, 0.717) is 6.61 Å². The van der Waals surface area contributed by atoms with Crippen molar-refractivity contribution in [2.45, 2.75) is 45.4 Å². The van der Waals surface area contributed by atoms with E-state index in [1.807, 2.05) is 0 Å². The number of aliphatic hydroxyl groups excluding tert-OH is 2. The molecule has 0 atom stereocenters. The van der Waals surface area contributed by atoms with Crippen LogP contribution in [0.1, 0.15) is 45.4 Å². The number of aliphatic hydroxyl groups is 2. The highest BCUT2D eigenvalue weighted by Gasteiger charge is 2.06. The zero-order valence-corrected chi connectivity index (χ0v) is 10.1. The first-order valence-electron chi connectivity index (χ1n) is 5.88. The number of hydrogen-bond acceptors (Lipinski definition) is 5. The maximum absolute atomic E-state index is 8.33. The maximum Gasteiger partial charge on any atom is 0.633 e. The first-order chi connectivity index (χ1) is 7.68. The molecule has 0 amide bonds. The Morgan fingerprint density at radius 3 is 1.81 bits per heavy atom. The lowest BCUT2D eigenvalue weighted by molar-refractivity contribution is 0.182. The van der Waals surface area contributed by atoms with Crippen molar-refractivity contribution in [3.8, 4) is 0 Å². The zero-order valence-electron chi connectivity index (χ0n) is 10.1. The van der Waals surface area contributed by atoms with E-state index in [4.69, 9.17) is 20.3 Å². The van der Waals surface area contributed by atoms with Crippen molar-refractivity contribution in [1.29, 1.82) is 0 Å². The van der Waals surface area contributed by atoms with Crippen LogP contribution in [0.3, 0.4) is 0 Å². The van der Waals surface area contributed by atoms with E-state index < -0.39 is 7.32 Å². The van der Waals surface area contributed by atoms with Gasteiger partial charge >= 0.3 is 7.32 Å². The SMILES string of the molecule is CCCCCCCCOB(O)O.OCCO. The molecule has 0 heterocycles. The molecule has 4 N–H and O–H groups in total. The van der Waals surface area contributed by atoms with Gasteiger partial charge in [0.05, 0.1) is 13.2 Å². The molecule has 0 spiro atoms. The lowest BCUT2D eigenvalue weighted by Crippen LogP contribution is -2.17. The van der Waals surface area contributed by atoms with Gasteiger partial charge in [-0.25, -0.2) is 0 Å². The monoisotopic (exact) mass is 236 g/mol. The standard InChI is InChI=1S/C8H19BO3.C2H6O2/c1-2-3-4-5-6-7-8-12-9(10)11;3-1-2-4/h10-11H,2-8H2,1H3;3-4H,1-2H2. The molecule has 0 saturated heterocycles. The van der Waals surface area contributed by atoms with Crippen LogP contribution in [-0.4, -0.2) is 47.4 Å². The van der Waals surface area contributed by atoms with Crippen molar-refractivity contribution in [3.05, 3.63) is 0 Å². The summed E-state index contributed by atoms with van der Waals surface area (Å²) >= 11 is 0. The molecule has 0 aromatic heterocycles. The van der Waals surface area contributed by atoms with Crippen LogP contribution in [0, 0.1) is 0 Å². The molecule has 0 radical (unpaired) electrons. The van der Waals surface area contributed by atoms with Crippen LogP contribution in [0.4, 0.5) is 0 Å². The molecule has 0 aromatic carbocycles. The zero-order chi connectivity index (χ0) is 12.6. The van der Waals surface area contributed by atoms with Gasteiger partial charge in [0, 0.05) is 6.61 Å². The summed E-state index contributed by atoms with van der Waals surface area (Å²) in [5.74, 6) is 0.